The average Bonchev–Trinajstić information content (AvgIpc) is 2.69. The SMILES string of the molecule is Cc1cc(Cl)c(C(O)c2occc2C)cc1C. The predicted molar refractivity (Wildman–Crippen MR) is 68.4 cm³/mol. The van der Waals surface area contributed by atoms with Gasteiger partial charge in [0.1, 0.15) is 11.9 Å². The first-order valence-electron chi connectivity index (χ1n) is 5.49. The number of aryl methyl sites for hydroxylation is 3. The highest BCUT2D eigenvalue weighted by Gasteiger charge is 2.19. The molecule has 90 valence electrons. The molecule has 1 unspecified atom stereocenters. The van der Waals surface area contributed by atoms with E-state index in [0.717, 1.165) is 16.7 Å². The summed E-state index contributed by atoms with van der Waals surface area (Å²) in [5, 5.41) is 10.8. The van der Waals surface area contributed by atoms with E-state index in [2.05, 4.69) is 0 Å². The highest BCUT2D eigenvalue weighted by atomic mass is 35.5. The van der Waals surface area contributed by atoms with Crippen molar-refractivity contribution in [3.8, 4) is 0 Å². The van der Waals surface area contributed by atoms with Gasteiger partial charge in [-0.2, -0.15) is 0 Å². The minimum Gasteiger partial charge on any atom is -0.466 e. The summed E-state index contributed by atoms with van der Waals surface area (Å²) in [6.07, 6.45) is 0.764. The van der Waals surface area contributed by atoms with E-state index in [1.807, 2.05) is 39.0 Å². The molecule has 0 bridgehead atoms. The monoisotopic (exact) mass is 250 g/mol. The van der Waals surface area contributed by atoms with Crippen molar-refractivity contribution in [3.63, 3.8) is 0 Å². The normalized spacial score (nSPS) is 12.8. The highest BCUT2D eigenvalue weighted by Crippen LogP contribution is 2.32. The first-order valence-corrected chi connectivity index (χ1v) is 5.87. The maximum absolute atomic E-state index is 10.3. The second kappa shape index (κ2) is 4.55. The second-order valence-electron chi connectivity index (χ2n) is 4.33. The van der Waals surface area contributed by atoms with Crippen LogP contribution in [0, 0.1) is 20.8 Å². The van der Waals surface area contributed by atoms with Crippen molar-refractivity contribution in [3.05, 3.63) is 57.5 Å². The number of hydrogen-bond donors (Lipinski definition) is 1. The first kappa shape index (κ1) is 12.2. The number of benzene rings is 1. The van der Waals surface area contributed by atoms with Crippen LogP contribution in [0.25, 0.3) is 0 Å². The third kappa shape index (κ3) is 2.24. The first-order chi connectivity index (χ1) is 8.00. The van der Waals surface area contributed by atoms with Gasteiger partial charge < -0.3 is 9.52 Å². The molecule has 2 rings (SSSR count). The summed E-state index contributed by atoms with van der Waals surface area (Å²) in [4.78, 5) is 0. The number of halogens is 1. The van der Waals surface area contributed by atoms with E-state index in [4.69, 9.17) is 16.0 Å². The Bertz CT molecular complexity index is 543. The smallest absolute Gasteiger partial charge is 0.139 e. The summed E-state index contributed by atoms with van der Waals surface area (Å²) < 4.78 is 5.30. The van der Waals surface area contributed by atoms with Gasteiger partial charge in [-0.3, -0.25) is 0 Å². The number of hydrogen-bond acceptors (Lipinski definition) is 2. The summed E-state index contributed by atoms with van der Waals surface area (Å²) in [6.45, 7) is 5.89. The Morgan fingerprint density at radius 1 is 1.12 bits per heavy atom. The molecule has 0 fully saturated rings. The van der Waals surface area contributed by atoms with Crippen LogP contribution in [0.5, 0.6) is 0 Å². The molecule has 1 N–H and O–H groups in total. The molecule has 1 atom stereocenters. The zero-order valence-electron chi connectivity index (χ0n) is 10.1. The summed E-state index contributed by atoms with van der Waals surface area (Å²) >= 11 is 6.16. The van der Waals surface area contributed by atoms with E-state index < -0.39 is 6.10 Å². The molecule has 0 amide bonds. The minimum absolute atomic E-state index is 0.551. The third-order valence-electron chi connectivity index (χ3n) is 3.06. The Morgan fingerprint density at radius 3 is 2.35 bits per heavy atom. The lowest BCUT2D eigenvalue weighted by Gasteiger charge is -2.13. The van der Waals surface area contributed by atoms with Gasteiger partial charge in [-0.15, -0.1) is 0 Å². The zero-order valence-corrected chi connectivity index (χ0v) is 10.9. The second-order valence-corrected chi connectivity index (χ2v) is 4.74. The van der Waals surface area contributed by atoms with Crippen LogP contribution in [0.15, 0.2) is 28.9 Å². The van der Waals surface area contributed by atoms with Gasteiger partial charge in [0.2, 0.25) is 0 Å². The van der Waals surface area contributed by atoms with Crippen LogP contribution in [0.3, 0.4) is 0 Å². The molecule has 0 saturated carbocycles. The molecule has 1 heterocycles. The molecule has 0 aliphatic carbocycles. The highest BCUT2D eigenvalue weighted by molar-refractivity contribution is 6.31. The van der Waals surface area contributed by atoms with Crippen LogP contribution in [0.1, 0.15) is 34.1 Å². The third-order valence-corrected chi connectivity index (χ3v) is 3.38. The molecule has 2 aromatic rings. The number of furan rings is 1. The van der Waals surface area contributed by atoms with Gasteiger partial charge in [0.25, 0.3) is 0 Å². The van der Waals surface area contributed by atoms with Crippen molar-refractivity contribution >= 4 is 11.6 Å². The maximum atomic E-state index is 10.3. The van der Waals surface area contributed by atoms with E-state index in [9.17, 15) is 5.11 Å². The number of aliphatic hydroxyl groups is 1. The molecule has 0 spiro atoms. The van der Waals surface area contributed by atoms with Crippen molar-refractivity contribution in [1.29, 1.82) is 0 Å². The van der Waals surface area contributed by atoms with Gasteiger partial charge in [-0.1, -0.05) is 17.7 Å². The van der Waals surface area contributed by atoms with Gasteiger partial charge in [0, 0.05) is 10.6 Å². The summed E-state index contributed by atoms with van der Waals surface area (Å²) in [6, 6.07) is 5.60. The van der Waals surface area contributed by atoms with Crippen LogP contribution >= 0.6 is 11.6 Å². The van der Waals surface area contributed by atoms with Crippen LogP contribution < -0.4 is 0 Å². The van der Waals surface area contributed by atoms with E-state index in [0.29, 0.717) is 16.3 Å². The largest absolute Gasteiger partial charge is 0.466 e. The lowest BCUT2D eigenvalue weighted by atomic mass is 10.00. The molecule has 3 heteroatoms. The van der Waals surface area contributed by atoms with Crippen LogP contribution in [0.4, 0.5) is 0 Å². The van der Waals surface area contributed by atoms with Gasteiger partial charge in [-0.05, 0) is 49.6 Å². The Morgan fingerprint density at radius 2 is 1.76 bits per heavy atom. The predicted octanol–water partition coefficient (Wildman–Crippen LogP) is 3.94. The molecule has 1 aromatic heterocycles. The topological polar surface area (TPSA) is 33.4 Å². The van der Waals surface area contributed by atoms with E-state index in [-0.39, 0.29) is 0 Å². The van der Waals surface area contributed by atoms with E-state index >= 15 is 0 Å². The summed E-state index contributed by atoms with van der Waals surface area (Å²) in [5.74, 6) is 0.551. The van der Waals surface area contributed by atoms with Crippen molar-refractivity contribution in [2.75, 3.05) is 0 Å². The fourth-order valence-electron chi connectivity index (χ4n) is 1.82. The van der Waals surface area contributed by atoms with Crippen LogP contribution in [-0.2, 0) is 0 Å². The maximum Gasteiger partial charge on any atom is 0.139 e. The summed E-state index contributed by atoms with van der Waals surface area (Å²) in [5.41, 5.74) is 3.83. The molecule has 17 heavy (non-hydrogen) atoms. The fourth-order valence-corrected chi connectivity index (χ4v) is 2.14. The lowest BCUT2D eigenvalue weighted by Crippen LogP contribution is -2.02. The summed E-state index contributed by atoms with van der Waals surface area (Å²) in [7, 11) is 0. The Kier molecular flexibility index (Phi) is 3.27. The molecular weight excluding hydrogens is 236 g/mol. The van der Waals surface area contributed by atoms with Crippen molar-refractivity contribution in [1.82, 2.24) is 0 Å². The van der Waals surface area contributed by atoms with Crippen molar-refractivity contribution in [2.45, 2.75) is 26.9 Å². The number of aliphatic hydroxyl groups excluding tert-OH is 1. The molecule has 0 radical (unpaired) electrons. The fraction of sp³-hybridized carbons (Fsp3) is 0.286. The van der Waals surface area contributed by atoms with E-state index in [1.165, 1.54) is 0 Å². The van der Waals surface area contributed by atoms with Crippen molar-refractivity contribution in [2.24, 2.45) is 0 Å². The average molecular weight is 251 g/mol. The van der Waals surface area contributed by atoms with Crippen LogP contribution in [-0.4, -0.2) is 5.11 Å². The van der Waals surface area contributed by atoms with E-state index in [1.54, 1.807) is 6.26 Å². The van der Waals surface area contributed by atoms with Crippen LogP contribution in [0.2, 0.25) is 5.02 Å². The van der Waals surface area contributed by atoms with Crippen molar-refractivity contribution < 1.29 is 9.52 Å². The Labute approximate surface area is 106 Å². The Balaban J connectivity index is 2.48. The standard InChI is InChI=1S/C14H15ClO2/c1-8-4-5-17-14(8)13(16)11-6-9(2)10(3)7-12(11)15/h4-7,13,16H,1-3H3. The molecule has 2 nitrogen and oxygen atoms in total. The molecule has 0 saturated heterocycles. The van der Waals surface area contributed by atoms with Gasteiger partial charge in [0.15, 0.2) is 0 Å². The Hall–Kier alpha value is -1.25. The molecule has 1 aromatic carbocycles. The molecular formula is C14H15ClO2. The lowest BCUT2D eigenvalue weighted by molar-refractivity contribution is 0.188. The molecule has 0 aliphatic heterocycles. The van der Waals surface area contributed by atoms with Gasteiger partial charge in [0.05, 0.1) is 6.26 Å². The van der Waals surface area contributed by atoms with Gasteiger partial charge >= 0.3 is 0 Å². The zero-order chi connectivity index (χ0) is 12.6. The number of rotatable bonds is 2. The minimum atomic E-state index is -0.809. The molecule has 0 aliphatic rings. The quantitative estimate of drug-likeness (QED) is 0.876. The van der Waals surface area contributed by atoms with Gasteiger partial charge in [-0.25, -0.2) is 0 Å².